The van der Waals surface area contributed by atoms with Crippen molar-refractivity contribution in [1.29, 1.82) is 0 Å². The first kappa shape index (κ1) is 21.5. The summed E-state index contributed by atoms with van der Waals surface area (Å²) in [6, 6.07) is 12.1. The third-order valence-corrected chi connectivity index (χ3v) is 6.00. The average molecular weight is 463 g/mol. The molecule has 0 aliphatic carbocycles. The van der Waals surface area contributed by atoms with Crippen molar-refractivity contribution in [2.24, 2.45) is 5.92 Å². The summed E-state index contributed by atoms with van der Waals surface area (Å²) >= 11 is 3.46. The van der Waals surface area contributed by atoms with Crippen molar-refractivity contribution in [2.75, 3.05) is 6.61 Å². The molecule has 1 fully saturated rings. The Balaban J connectivity index is 1.94. The number of carbonyl (C=O) groups is 1. The number of halogens is 2. The number of benzene rings is 2. The zero-order valence-electron chi connectivity index (χ0n) is 16.4. The van der Waals surface area contributed by atoms with Gasteiger partial charge in [-0.15, -0.1) is 0 Å². The van der Waals surface area contributed by atoms with Crippen LogP contribution in [-0.2, 0) is 9.53 Å². The maximum Gasteiger partial charge on any atom is 0.341 e. The number of carboxylic acid groups (broad SMARTS) is 1. The Hall–Kier alpha value is -2.18. The lowest BCUT2D eigenvalue weighted by Crippen LogP contribution is -2.34. The van der Waals surface area contributed by atoms with Crippen LogP contribution in [0, 0.1) is 11.7 Å². The second-order valence-corrected chi connectivity index (χ2v) is 8.30. The minimum atomic E-state index is -1.04. The van der Waals surface area contributed by atoms with Crippen molar-refractivity contribution in [3.8, 4) is 5.75 Å². The Bertz CT molecular complexity index is 896. The molecule has 154 valence electrons. The Morgan fingerprint density at radius 3 is 2.62 bits per heavy atom. The molecular formula is C23H24BrFO4. The van der Waals surface area contributed by atoms with Gasteiger partial charge in [-0.2, -0.15) is 0 Å². The molecule has 1 aliphatic heterocycles. The lowest BCUT2D eigenvalue weighted by Gasteiger charge is -2.42. The van der Waals surface area contributed by atoms with Gasteiger partial charge in [-0.3, -0.25) is 0 Å². The van der Waals surface area contributed by atoms with Gasteiger partial charge in [0.2, 0.25) is 0 Å². The maximum atomic E-state index is 13.3. The van der Waals surface area contributed by atoms with Crippen LogP contribution in [0.25, 0.3) is 0 Å². The van der Waals surface area contributed by atoms with E-state index in [-0.39, 0.29) is 29.9 Å². The number of carboxylic acids is 1. The second kappa shape index (κ2) is 9.09. The monoisotopic (exact) mass is 462 g/mol. The molecule has 0 aromatic heterocycles. The highest BCUT2D eigenvalue weighted by atomic mass is 79.9. The molecule has 0 amide bonds. The topological polar surface area (TPSA) is 55.8 Å². The standard InChI is InChI=1S/C23H24BrFO4/c1-13(2)18-11-19(15-7-9-16(25)10-8-15)14(3)29-22(18)17-5-4-6-20(24)23(17)28-12-21(26)27/h4-10,14,18-19,22H,1,11-12H2,2-3H3,(H,26,27)/t14-,18+,19-,22+/m0/s1. The molecule has 0 unspecified atom stereocenters. The van der Waals surface area contributed by atoms with Gasteiger partial charge in [0.25, 0.3) is 0 Å². The second-order valence-electron chi connectivity index (χ2n) is 7.45. The summed E-state index contributed by atoms with van der Waals surface area (Å²) < 4.78 is 26.0. The fourth-order valence-electron chi connectivity index (χ4n) is 3.91. The molecule has 1 aliphatic rings. The largest absolute Gasteiger partial charge is 0.480 e. The van der Waals surface area contributed by atoms with E-state index >= 15 is 0 Å². The molecule has 0 spiro atoms. The minimum Gasteiger partial charge on any atom is -0.480 e. The van der Waals surface area contributed by atoms with Crippen LogP contribution in [0.4, 0.5) is 4.39 Å². The van der Waals surface area contributed by atoms with Crippen molar-refractivity contribution in [1.82, 2.24) is 0 Å². The molecular weight excluding hydrogens is 439 g/mol. The quantitative estimate of drug-likeness (QED) is 0.544. The zero-order chi connectivity index (χ0) is 21.1. The van der Waals surface area contributed by atoms with Gasteiger partial charge >= 0.3 is 5.97 Å². The average Bonchev–Trinajstić information content (AvgIpc) is 2.67. The van der Waals surface area contributed by atoms with Crippen LogP contribution in [0.2, 0.25) is 0 Å². The van der Waals surface area contributed by atoms with Gasteiger partial charge in [-0.1, -0.05) is 36.4 Å². The molecule has 3 rings (SSSR count). The first-order valence-corrected chi connectivity index (χ1v) is 10.3. The summed E-state index contributed by atoms with van der Waals surface area (Å²) in [6.45, 7) is 7.70. The van der Waals surface area contributed by atoms with Gasteiger partial charge in [0.15, 0.2) is 6.61 Å². The Morgan fingerprint density at radius 1 is 1.31 bits per heavy atom. The van der Waals surface area contributed by atoms with Gasteiger partial charge in [-0.05, 0) is 60.0 Å². The fourth-order valence-corrected chi connectivity index (χ4v) is 4.41. The molecule has 0 bridgehead atoms. The number of aliphatic carboxylic acids is 1. The molecule has 1 heterocycles. The predicted molar refractivity (Wildman–Crippen MR) is 113 cm³/mol. The van der Waals surface area contributed by atoms with Crippen molar-refractivity contribution in [3.05, 3.63) is 76.0 Å². The van der Waals surface area contributed by atoms with Crippen molar-refractivity contribution in [2.45, 2.75) is 38.4 Å². The number of hydrogen-bond acceptors (Lipinski definition) is 3. The summed E-state index contributed by atoms with van der Waals surface area (Å²) in [4.78, 5) is 11.0. The molecule has 1 N–H and O–H groups in total. The van der Waals surface area contributed by atoms with Crippen molar-refractivity contribution in [3.63, 3.8) is 0 Å². The lowest BCUT2D eigenvalue weighted by atomic mass is 9.76. The van der Waals surface area contributed by atoms with Gasteiger partial charge in [0.1, 0.15) is 11.6 Å². The van der Waals surface area contributed by atoms with Crippen LogP contribution in [-0.4, -0.2) is 23.8 Å². The fraction of sp³-hybridized carbons (Fsp3) is 0.348. The highest BCUT2D eigenvalue weighted by Crippen LogP contribution is 2.49. The summed E-state index contributed by atoms with van der Waals surface area (Å²) in [5, 5.41) is 9.02. The first-order valence-electron chi connectivity index (χ1n) is 9.47. The van der Waals surface area contributed by atoms with E-state index in [0.29, 0.717) is 10.2 Å². The smallest absolute Gasteiger partial charge is 0.341 e. The SMILES string of the molecule is C=C(C)[C@H]1C[C@H](c2ccc(F)cc2)[C@H](C)O[C@@H]1c1cccc(Br)c1OCC(=O)O. The predicted octanol–water partition coefficient (Wildman–Crippen LogP) is 5.88. The van der Waals surface area contributed by atoms with Gasteiger partial charge < -0.3 is 14.6 Å². The Labute approximate surface area is 178 Å². The van der Waals surface area contributed by atoms with Crippen molar-refractivity contribution >= 4 is 21.9 Å². The summed E-state index contributed by atoms with van der Waals surface area (Å²) in [5.41, 5.74) is 2.79. The van der Waals surface area contributed by atoms with Crippen LogP contribution >= 0.6 is 15.9 Å². The van der Waals surface area contributed by atoms with Gasteiger partial charge in [0, 0.05) is 17.4 Å². The summed E-state index contributed by atoms with van der Waals surface area (Å²) in [7, 11) is 0. The van der Waals surface area contributed by atoms with Crippen LogP contribution < -0.4 is 4.74 Å². The van der Waals surface area contributed by atoms with Crippen LogP contribution in [0.15, 0.2) is 59.1 Å². The van der Waals surface area contributed by atoms with Crippen LogP contribution in [0.3, 0.4) is 0 Å². The van der Waals surface area contributed by atoms with Gasteiger partial charge in [0.05, 0.1) is 16.7 Å². The normalized spacial score (nSPS) is 24.1. The highest BCUT2D eigenvalue weighted by Gasteiger charge is 2.39. The summed E-state index contributed by atoms with van der Waals surface area (Å²) in [5.74, 6) is -0.732. The van der Waals surface area contributed by atoms with E-state index < -0.39 is 12.6 Å². The van der Waals surface area contributed by atoms with Crippen LogP contribution in [0.5, 0.6) is 5.75 Å². The molecule has 2 aromatic rings. The van der Waals surface area contributed by atoms with Gasteiger partial charge in [-0.25, -0.2) is 9.18 Å². The molecule has 4 nitrogen and oxygen atoms in total. The third kappa shape index (κ3) is 4.87. The number of rotatable bonds is 6. The third-order valence-electron chi connectivity index (χ3n) is 5.38. The van der Waals surface area contributed by atoms with E-state index in [2.05, 4.69) is 22.5 Å². The molecule has 6 heteroatoms. The van der Waals surface area contributed by atoms with E-state index in [4.69, 9.17) is 14.6 Å². The molecule has 4 atom stereocenters. The summed E-state index contributed by atoms with van der Waals surface area (Å²) in [6.07, 6.45) is 0.352. The number of hydrogen-bond donors (Lipinski definition) is 1. The highest BCUT2D eigenvalue weighted by molar-refractivity contribution is 9.10. The molecule has 2 aromatic carbocycles. The first-order chi connectivity index (χ1) is 13.8. The van der Waals surface area contributed by atoms with E-state index in [1.54, 1.807) is 12.1 Å². The molecule has 0 radical (unpaired) electrons. The van der Waals surface area contributed by atoms with E-state index in [1.165, 1.54) is 12.1 Å². The minimum absolute atomic E-state index is 0.00253. The van der Waals surface area contributed by atoms with Crippen molar-refractivity contribution < 1.29 is 23.8 Å². The van der Waals surface area contributed by atoms with E-state index in [0.717, 1.165) is 23.1 Å². The zero-order valence-corrected chi connectivity index (χ0v) is 18.0. The Morgan fingerprint density at radius 2 is 2.00 bits per heavy atom. The molecule has 29 heavy (non-hydrogen) atoms. The maximum absolute atomic E-state index is 13.3. The number of ether oxygens (including phenoxy) is 2. The molecule has 1 saturated heterocycles. The Kier molecular flexibility index (Phi) is 6.75. The van der Waals surface area contributed by atoms with E-state index in [9.17, 15) is 9.18 Å². The number of para-hydroxylation sites is 1. The molecule has 0 saturated carbocycles. The van der Waals surface area contributed by atoms with Crippen LogP contribution in [0.1, 0.15) is 43.4 Å². The van der Waals surface area contributed by atoms with E-state index in [1.807, 2.05) is 32.0 Å². The lowest BCUT2D eigenvalue weighted by molar-refractivity contribution is -0.139.